The van der Waals surface area contributed by atoms with Crippen LogP contribution in [0.15, 0.2) is 35.5 Å². The summed E-state index contributed by atoms with van der Waals surface area (Å²) in [4.78, 5) is 5.33. The second kappa shape index (κ2) is 4.45. The van der Waals surface area contributed by atoms with Crippen molar-refractivity contribution in [2.45, 2.75) is 13.0 Å². The molecule has 0 saturated heterocycles. The Hall–Kier alpha value is -1.35. The maximum absolute atomic E-state index is 5.33. The van der Waals surface area contributed by atoms with E-state index in [1.165, 1.54) is 0 Å². The standard InChI is InChI=1S/C12H16N2O/c1-9-11(8-13-2)12(14-15-9)10-6-4-3-5-7-10/h3-7,9,11,13H,8H2,1-2H3. The summed E-state index contributed by atoms with van der Waals surface area (Å²) in [6, 6.07) is 10.2. The lowest BCUT2D eigenvalue weighted by molar-refractivity contribution is 0.0764. The Morgan fingerprint density at radius 1 is 1.33 bits per heavy atom. The van der Waals surface area contributed by atoms with E-state index < -0.39 is 0 Å². The molecule has 2 rings (SSSR count). The lowest BCUT2D eigenvalue weighted by atomic mass is 9.93. The lowest BCUT2D eigenvalue weighted by Crippen LogP contribution is -2.31. The van der Waals surface area contributed by atoms with Crippen LogP contribution in [-0.2, 0) is 4.84 Å². The minimum absolute atomic E-state index is 0.160. The van der Waals surface area contributed by atoms with Gasteiger partial charge in [0, 0.05) is 6.54 Å². The fraction of sp³-hybridized carbons (Fsp3) is 0.417. The minimum atomic E-state index is 0.160. The summed E-state index contributed by atoms with van der Waals surface area (Å²) in [6.45, 7) is 2.95. The van der Waals surface area contributed by atoms with Crippen LogP contribution < -0.4 is 5.32 Å². The van der Waals surface area contributed by atoms with Crippen molar-refractivity contribution >= 4 is 5.71 Å². The van der Waals surface area contributed by atoms with Gasteiger partial charge in [0.2, 0.25) is 0 Å². The van der Waals surface area contributed by atoms with Crippen LogP contribution in [-0.4, -0.2) is 25.4 Å². The Morgan fingerprint density at radius 3 is 2.73 bits per heavy atom. The summed E-state index contributed by atoms with van der Waals surface area (Å²) in [5.41, 5.74) is 2.21. The SMILES string of the molecule is CNCC1C(c2ccccc2)=NOC1C. The molecule has 1 heterocycles. The summed E-state index contributed by atoms with van der Waals surface area (Å²) in [5, 5.41) is 7.34. The van der Waals surface area contributed by atoms with Gasteiger partial charge in [0.05, 0.1) is 11.6 Å². The molecule has 0 radical (unpaired) electrons. The predicted octanol–water partition coefficient (Wildman–Crippen LogP) is 1.64. The first-order chi connectivity index (χ1) is 7.33. The fourth-order valence-corrected chi connectivity index (χ4v) is 1.86. The molecule has 1 aromatic carbocycles. The van der Waals surface area contributed by atoms with Crippen LogP contribution in [0.3, 0.4) is 0 Å². The Labute approximate surface area is 90.1 Å². The van der Waals surface area contributed by atoms with E-state index >= 15 is 0 Å². The molecule has 0 fully saturated rings. The third kappa shape index (κ3) is 2.02. The zero-order chi connectivity index (χ0) is 10.7. The number of hydrogen-bond acceptors (Lipinski definition) is 3. The number of hydrogen-bond donors (Lipinski definition) is 1. The van der Waals surface area contributed by atoms with Crippen molar-refractivity contribution in [2.75, 3.05) is 13.6 Å². The van der Waals surface area contributed by atoms with Gasteiger partial charge in [0.15, 0.2) is 0 Å². The molecule has 0 aliphatic carbocycles. The van der Waals surface area contributed by atoms with Crippen molar-refractivity contribution in [1.29, 1.82) is 0 Å². The summed E-state index contributed by atoms with van der Waals surface area (Å²) in [7, 11) is 1.95. The zero-order valence-corrected chi connectivity index (χ0v) is 9.10. The highest BCUT2D eigenvalue weighted by atomic mass is 16.6. The summed E-state index contributed by atoms with van der Waals surface area (Å²) in [6.07, 6.45) is 0.160. The van der Waals surface area contributed by atoms with Gasteiger partial charge in [0.25, 0.3) is 0 Å². The molecule has 0 amide bonds. The highest BCUT2D eigenvalue weighted by molar-refractivity contribution is 6.03. The molecule has 3 nitrogen and oxygen atoms in total. The average Bonchev–Trinajstić information content (AvgIpc) is 2.63. The van der Waals surface area contributed by atoms with E-state index in [1.54, 1.807) is 0 Å². The molecule has 15 heavy (non-hydrogen) atoms. The van der Waals surface area contributed by atoms with Crippen molar-refractivity contribution in [3.63, 3.8) is 0 Å². The van der Waals surface area contributed by atoms with E-state index in [0.717, 1.165) is 17.8 Å². The van der Waals surface area contributed by atoms with Gasteiger partial charge in [-0.05, 0) is 19.5 Å². The molecule has 1 aromatic rings. The first-order valence-electron chi connectivity index (χ1n) is 5.26. The van der Waals surface area contributed by atoms with E-state index in [1.807, 2.05) is 25.2 Å². The smallest absolute Gasteiger partial charge is 0.134 e. The monoisotopic (exact) mass is 204 g/mol. The van der Waals surface area contributed by atoms with Gasteiger partial charge in [-0.15, -0.1) is 0 Å². The molecule has 0 aromatic heterocycles. The third-order valence-electron chi connectivity index (χ3n) is 2.73. The Bertz CT molecular complexity index is 348. The largest absolute Gasteiger partial charge is 0.392 e. The quantitative estimate of drug-likeness (QED) is 0.812. The number of oxime groups is 1. The fourth-order valence-electron chi connectivity index (χ4n) is 1.86. The third-order valence-corrected chi connectivity index (χ3v) is 2.73. The maximum Gasteiger partial charge on any atom is 0.134 e. The zero-order valence-electron chi connectivity index (χ0n) is 9.10. The molecule has 2 atom stereocenters. The van der Waals surface area contributed by atoms with Gasteiger partial charge in [0.1, 0.15) is 6.10 Å². The molecular formula is C12H16N2O. The Kier molecular flexibility index (Phi) is 3.02. The van der Waals surface area contributed by atoms with Gasteiger partial charge in [-0.1, -0.05) is 35.5 Å². The minimum Gasteiger partial charge on any atom is -0.392 e. The lowest BCUT2D eigenvalue weighted by Gasteiger charge is -2.14. The first kappa shape index (κ1) is 10.2. The second-order valence-corrected chi connectivity index (χ2v) is 3.82. The van der Waals surface area contributed by atoms with Crippen molar-refractivity contribution < 1.29 is 4.84 Å². The number of nitrogens with zero attached hydrogens (tertiary/aromatic N) is 1. The van der Waals surface area contributed by atoms with Gasteiger partial charge in [-0.25, -0.2) is 0 Å². The summed E-state index contributed by atoms with van der Waals surface area (Å²) < 4.78 is 0. The molecule has 2 unspecified atom stereocenters. The Balaban J connectivity index is 2.22. The summed E-state index contributed by atoms with van der Waals surface area (Å²) >= 11 is 0. The van der Waals surface area contributed by atoms with Crippen LogP contribution in [0.25, 0.3) is 0 Å². The Morgan fingerprint density at radius 2 is 2.07 bits per heavy atom. The maximum atomic E-state index is 5.33. The molecule has 0 spiro atoms. The summed E-state index contributed by atoms with van der Waals surface area (Å²) in [5.74, 6) is 0.345. The van der Waals surface area contributed by atoms with Crippen LogP contribution in [0.2, 0.25) is 0 Å². The number of rotatable bonds is 3. The second-order valence-electron chi connectivity index (χ2n) is 3.82. The predicted molar refractivity (Wildman–Crippen MR) is 60.9 cm³/mol. The van der Waals surface area contributed by atoms with Crippen molar-refractivity contribution in [3.8, 4) is 0 Å². The molecule has 0 bridgehead atoms. The van der Waals surface area contributed by atoms with E-state index in [4.69, 9.17) is 4.84 Å². The van der Waals surface area contributed by atoms with E-state index in [-0.39, 0.29) is 6.10 Å². The average molecular weight is 204 g/mol. The van der Waals surface area contributed by atoms with Crippen LogP contribution in [0.1, 0.15) is 12.5 Å². The molecular weight excluding hydrogens is 188 g/mol. The van der Waals surface area contributed by atoms with Crippen LogP contribution >= 0.6 is 0 Å². The van der Waals surface area contributed by atoms with E-state index in [2.05, 4.69) is 29.5 Å². The molecule has 0 saturated carbocycles. The van der Waals surface area contributed by atoms with E-state index in [0.29, 0.717) is 5.92 Å². The van der Waals surface area contributed by atoms with Gasteiger partial charge < -0.3 is 10.2 Å². The van der Waals surface area contributed by atoms with Crippen molar-refractivity contribution in [1.82, 2.24) is 5.32 Å². The highest BCUT2D eigenvalue weighted by Crippen LogP contribution is 2.22. The number of nitrogens with one attached hydrogen (secondary N) is 1. The molecule has 80 valence electrons. The van der Waals surface area contributed by atoms with Crippen LogP contribution in [0, 0.1) is 5.92 Å². The van der Waals surface area contributed by atoms with E-state index in [9.17, 15) is 0 Å². The highest BCUT2D eigenvalue weighted by Gasteiger charge is 2.30. The van der Waals surface area contributed by atoms with Gasteiger partial charge >= 0.3 is 0 Å². The van der Waals surface area contributed by atoms with Crippen LogP contribution in [0.5, 0.6) is 0 Å². The normalized spacial score (nSPS) is 24.8. The topological polar surface area (TPSA) is 33.6 Å². The first-order valence-corrected chi connectivity index (χ1v) is 5.26. The van der Waals surface area contributed by atoms with Crippen LogP contribution in [0.4, 0.5) is 0 Å². The molecule has 1 N–H and O–H groups in total. The molecule has 1 aliphatic heterocycles. The molecule has 3 heteroatoms. The molecule has 1 aliphatic rings. The number of benzene rings is 1. The van der Waals surface area contributed by atoms with Crippen molar-refractivity contribution in [2.24, 2.45) is 11.1 Å². The van der Waals surface area contributed by atoms with Gasteiger partial charge in [-0.2, -0.15) is 0 Å². The van der Waals surface area contributed by atoms with Crippen molar-refractivity contribution in [3.05, 3.63) is 35.9 Å². The van der Waals surface area contributed by atoms with Gasteiger partial charge in [-0.3, -0.25) is 0 Å².